The first-order chi connectivity index (χ1) is 10.1. The Morgan fingerprint density at radius 2 is 1.67 bits per heavy atom. The van der Waals surface area contributed by atoms with Gasteiger partial charge in [-0.05, 0) is 44.0 Å². The summed E-state index contributed by atoms with van der Waals surface area (Å²) in [5.74, 6) is -0.272. The molecule has 21 heavy (non-hydrogen) atoms. The average Bonchev–Trinajstić information content (AvgIpc) is 2.46. The Hall–Kier alpha value is -2.17. The van der Waals surface area contributed by atoms with Crippen LogP contribution in [-0.2, 0) is 4.79 Å². The standard InChI is InChI=1S/C16H23N3O2/c1-4-6-12(3)18-19-16(21)13-8-10-14(11-9-13)17-15(20)7-5-2/h8-11H,4-7H2,1-3H3,(H,17,20)(H,19,21)/b18-12+. The van der Waals surface area contributed by atoms with Crippen LogP contribution >= 0.6 is 0 Å². The third-order valence-electron chi connectivity index (χ3n) is 2.87. The van der Waals surface area contributed by atoms with Crippen LogP contribution in [0.25, 0.3) is 0 Å². The molecule has 5 heteroatoms. The fourth-order valence-electron chi connectivity index (χ4n) is 1.78. The van der Waals surface area contributed by atoms with Crippen molar-refractivity contribution in [2.75, 3.05) is 5.32 Å². The van der Waals surface area contributed by atoms with Crippen molar-refractivity contribution in [3.63, 3.8) is 0 Å². The lowest BCUT2D eigenvalue weighted by molar-refractivity contribution is -0.116. The Kier molecular flexibility index (Phi) is 7.15. The molecule has 0 atom stereocenters. The fraction of sp³-hybridized carbons (Fsp3) is 0.438. The lowest BCUT2D eigenvalue weighted by Crippen LogP contribution is -2.19. The Balaban J connectivity index is 2.59. The minimum absolute atomic E-state index is 0.0190. The van der Waals surface area contributed by atoms with E-state index < -0.39 is 0 Å². The summed E-state index contributed by atoms with van der Waals surface area (Å²) < 4.78 is 0. The van der Waals surface area contributed by atoms with Crippen molar-refractivity contribution in [2.24, 2.45) is 5.10 Å². The van der Waals surface area contributed by atoms with Crippen LogP contribution in [0.4, 0.5) is 5.69 Å². The van der Waals surface area contributed by atoms with Crippen LogP contribution in [-0.4, -0.2) is 17.5 Å². The smallest absolute Gasteiger partial charge is 0.271 e. The highest BCUT2D eigenvalue weighted by Gasteiger charge is 2.05. The molecule has 1 aromatic rings. The molecule has 114 valence electrons. The van der Waals surface area contributed by atoms with E-state index in [0.29, 0.717) is 17.7 Å². The first kappa shape index (κ1) is 16.9. The molecular weight excluding hydrogens is 266 g/mol. The minimum Gasteiger partial charge on any atom is -0.326 e. The van der Waals surface area contributed by atoms with Crippen molar-refractivity contribution < 1.29 is 9.59 Å². The Labute approximate surface area is 125 Å². The summed E-state index contributed by atoms with van der Waals surface area (Å²) in [6.45, 7) is 5.90. The van der Waals surface area contributed by atoms with Gasteiger partial charge in [0.05, 0.1) is 0 Å². The molecule has 1 aromatic carbocycles. The molecule has 0 aliphatic rings. The van der Waals surface area contributed by atoms with E-state index in [2.05, 4.69) is 22.8 Å². The van der Waals surface area contributed by atoms with Gasteiger partial charge in [-0.2, -0.15) is 5.10 Å². The van der Waals surface area contributed by atoms with Gasteiger partial charge in [0.25, 0.3) is 5.91 Å². The van der Waals surface area contributed by atoms with Crippen molar-refractivity contribution in [1.29, 1.82) is 0 Å². The van der Waals surface area contributed by atoms with Crippen LogP contribution in [0.15, 0.2) is 29.4 Å². The van der Waals surface area contributed by atoms with Gasteiger partial charge in [0.15, 0.2) is 0 Å². The van der Waals surface area contributed by atoms with Crippen LogP contribution < -0.4 is 10.7 Å². The lowest BCUT2D eigenvalue weighted by atomic mass is 10.2. The van der Waals surface area contributed by atoms with E-state index in [1.165, 1.54) is 0 Å². The normalized spacial score (nSPS) is 11.1. The van der Waals surface area contributed by atoms with Gasteiger partial charge in [-0.1, -0.05) is 20.3 Å². The lowest BCUT2D eigenvalue weighted by Gasteiger charge is -2.06. The van der Waals surface area contributed by atoms with E-state index >= 15 is 0 Å². The molecule has 0 radical (unpaired) electrons. The number of carbonyl (C=O) groups is 2. The van der Waals surface area contributed by atoms with E-state index in [9.17, 15) is 9.59 Å². The number of anilines is 1. The number of benzene rings is 1. The van der Waals surface area contributed by atoms with Crippen molar-refractivity contribution in [1.82, 2.24) is 5.43 Å². The third kappa shape index (κ3) is 6.21. The summed E-state index contributed by atoms with van der Waals surface area (Å²) in [6, 6.07) is 6.76. The molecule has 0 unspecified atom stereocenters. The van der Waals surface area contributed by atoms with Gasteiger partial charge in [0, 0.05) is 23.4 Å². The zero-order valence-electron chi connectivity index (χ0n) is 12.9. The summed E-state index contributed by atoms with van der Waals surface area (Å²) >= 11 is 0. The van der Waals surface area contributed by atoms with Gasteiger partial charge in [-0.3, -0.25) is 9.59 Å². The predicted molar refractivity (Wildman–Crippen MR) is 85.5 cm³/mol. The molecule has 5 nitrogen and oxygen atoms in total. The molecule has 2 N–H and O–H groups in total. The number of nitrogens with one attached hydrogen (secondary N) is 2. The topological polar surface area (TPSA) is 70.6 Å². The summed E-state index contributed by atoms with van der Waals surface area (Å²) in [6.07, 6.45) is 3.16. The largest absolute Gasteiger partial charge is 0.326 e. The van der Waals surface area contributed by atoms with Crippen LogP contribution in [0.5, 0.6) is 0 Å². The first-order valence-electron chi connectivity index (χ1n) is 7.30. The van der Waals surface area contributed by atoms with Gasteiger partial charge >= 0.3 is 0 Å². The maximum atomic E-state index is 11.9. The maximum Gasteiger partial charge on any atom is 0.271 e. The number of rotatable bonds is 7. The van der Waals surface area contributed by atoms with E-state index in [-0.39, 0.29) is 11.8 Å². The number of carbonyl (C=O) groups excluding carboxylic acids is 2. The summed E-state index contributed by atoms with van der Waals surface area (Å²) in [7, 11) is 0. The second-order valence-corrected chi connectivity index (χ2v) is 4.91. The highest BCUT2D eigenvalue weighted by molar-refractivity contribution is 5.96. The summed E-state index contributed by atoms with van der Waals surface area (Å²) in [4.78, 5) is 23.3. The van der Waals surface area contributed by atoms with E-state index in [0.717, 1.165) is 25.0 Å². The van der Waals surface area contributed by atoms with Gasteiger partial charge in [0.1, 0.15) is 0 Å². The number of hydrogen-bond acceptors (Lipinski definition) is 3. The molecule has 0 spiro atoms. The fourth-order valence-corrected chi connectivity index (χ4v) is 1.78. The van der Waals surface area contributed by atoms with E-state index in [1.54, 1.807) is 24.3 Å². The number of nitrogens with zero attached hydrogens (tertiary/aromatic N) is 1. The average molecular weight is 289 g/mol. The highest BCUT2D eigenvalue weighted by atomic mass is 16.2. The predicted octanol–water partition coefficient (Wildman–Crippen LogP) is 3.33. The molecule has 0 saturated carbocycles. The molecule has 0 heterocycles. The number of hydrogen-bond donors (Lipinski definition) is 2. The first-order valence-corrected chi connectivity index (χ1v) is 7.30. The maximum absolute atomic E-state index is 11.9. The Morgan fingerprint density at radius 1 is 1.05 bits per heavy atom. The number of hydrazone groups is 1. The summed E-state index contributed by atoms with van der Waals surface area (Å²) in [5.41, 5.74) is 4.62. The van der Waals surface area contributed by atoms with Gasteiger partial charge in [-0.25, -0.2) is 5.43 Å². The Bertz CT molecular complexity index is 507. The molecule has 0 saturated heterocycles. The van der Waals surface area contributed by atoms with Crippen LogP contribution in [0.2, 0.25) is 0 Å². The van der Waals surface area contributed by atoms with Gasteiger partial charge in [0.2, 0.25) is 5.91 Å². The van der Waals surface area contributed by atoms with E-state index in [1.807, 2.05) is 13.8 Å². The van der Waals surface area contributed by atoms with Crippen LogP contribution in [0, 0.1) is 0 Å². The number of amides is 2. The molecule has 1 rings (SSSR count). The van der Waals surface area contributed by atoms with Crippen molar-refractivity contribution >= 4 is 23.2 Å². The van der Waals surface area contributed by atoms with Gasteiger partial charge in [-0.15, -0.1) is 0 Å². The SMILES string of the molecule is CCCC(=O)Nc1ccc(C(=O)N/N=C(\C)CCC)cc1. The molecule has 0 aliphatic heterocycles. The van der Waals surface area contributed by atoms with Crippen molar-refractivity contribution in [3.05, 3.63) is 29.8 Å². The monoisotopic (exact) mass is 289 g/mol. The van der Waals surface area contributed by atoms with Gasteiger partial charge < -0.3 is 5.32 Å². The zero-order chi connectivity index (χ0) is 15.7. The van der Waals surface area contributed by atoms with E-state index in [4.69, 9.17) is 0 Å². The zero-order valence-corrected chi connectivity index (χ0v) is 12.9. The minimum atomic E-state index is -0.253. The van der Waals surface area contributed by atoms with Crippen molar-refractivity contribution in [3.8, 4) is 0 Å². The molecule has 2 amide bonds. The van der Waals surface area contributed by atoms with Crippen LogP contribution in [0.3, 0.4) is 0 Å². The molecule has 0 bridgehead atoms. The quantitative estimate of drug-likeness (QED) is 0.597. The van der Waals surface area contributed by atoms with Crippen molar-refractivity contribution in [2.45, 2.75) is 46.5 Å². The molecule has 0 fully saturated rings. The Morgan fingerprint density at radius 3 is 2.24 bits per heavy atom. The summed E-state index contributed by atoms with van der Waals surface area (Å²) in [5, 5.41) is 6.81. The third-order valence-corrected chi connectivity index (χ3v) is 2.87. The van der Waals surface area contributed by atoms with Crippen LogP contribution in [0.1, 0.15) is 56.8 Å². The molecule has 0 aromatic heterocycles. The second-order valence-electron chi connectivity index (χ2n) is 4.91. The second kappa shape index (κ2) is 8.89. The molecule has 0 aliphatic carbocycles. The molecular formula is C16H23N3O2. The highest BCUT2D eigenvalue weighted by Crippen LogP contribution is 2.10.